The summed E-state index contributed by atoms with van der Waals surface area (Å²) in [6.07, 6.45) is 1.45. The molecule has 0 radical (unpaired) electrons. The van der Waals surface area contributed by atoms with Crippen molar-refractivity contribution in [1.82, 2.24) is 9.47 Å². The Morgan fingerprint density at radius 3 is 2.41 bits per heavy atom. The highest BCUT2D eigenvalue weighted by atomic mass is 16.2. The summed E-state index contributed by atoms with van der Waals surface area (Å²) in [5.74, 6) is 0.207. The fraction of sp³-hybridized carbons (Fsp3) is 0.417. The van der Waals surface area contributed by atoms with Crippen LogP contribution in [0.25, 0.3) is 21.8 Å². The van der Waals surface area contributed by atoms with E-state index >= 15 is 0 Å². The summed E-state index contributed by atoms with van der Waals surface area (Å²) in [6, 6.07) is 14.6. The van der Waals surface area contributed by atoms with Crippen LogP contribution in [-0.2, 0) is 16.1 Å². The van der Waals surface area contributed by atoms with Gasteiger partial charge in [0.1, 0.15) is 0 Å². The standard InChI is InChI=1S/C24H29N3O2/c1-4-27-21-8-6-5-7-19(21)20-15-18(9-10-22(20)27)25-23(28)17-11-13-26(14-12-17)24(29)16(2)3/h5-10,15-17H,4,11-14H2,1-3H3,(H,25,28). The molecular formula is C24H29N3O2. The van der Waals surface area contributed by atoms with Crippen molar-refractivity contribution >= 4 is 39.3 Å². The van der Waals surface area contributed by atoms with Crippen LogP contribution in [0.5, 0.6) is 0 Å². The van der Waals surface area contributed by atoms with E-state index in [0.29, 0.717) is 13.1 Å². The van der Waals surface area contributed by atoms with Crippen molar-refractivity contribution in [2.45, 2.75) is 40.2 Å². The van der Waals surface area contributed by atoms with Gasteiger partial charge in [-0.1, -0.05) is 32.0 Å². The van der Waals surface area contributed by atoms with E-state index in [0.717, 1.165) is 30.5 Å². The second-order valence-corrected chi connectivity index (χ2v) is 8.24. The minimum absolute atomic E-state index is 0.0114. The molecule has 1 aromatic heterocycles. The Balaban J connectivity index is 1.51. The molecule has 1 N–H and O–H groups in total. The predicted octanol–water partition coefficient (Wildman–Crippen LogP) is 4.65. The summed E-state index contributed by atoms with van der Waals surface area (Å²) in [7, 11) is 0. The van der Waals surface area contributed by atoms with Crippen LogP contribution in [0.4, 0.5) is 5.69 Å². The van der Waals surface area contributed by atoms with Gasteiger partial charge in [0.25, 0.3) is 0 Å². The Hall–Kier alpha value is -2.82. The maximum absolute atomic E-state index is 12.8. The Morgan fingerprint density at radius 2 is 1.72 bits per heavy atom. The number of aromatic nitrogens is 1. The van der Waals surface area contributed by atoms with Gasteiger partial charge in [-0.2, -0.15) is 0 Å². The molecule has 1 aliphatic heterocycles. The lowest BCUT2D eigenvalue weighted by Crippen LogP contribution is -2.43. The summed E-state index contributed by atoms with van der Waals surface area (Å²) < 4.78 is 2.30. The number of amides is 2. The van der Waals surface area contributed by atoms with Crippen LogP contribution in [0.15, 0.2) is 42.5 Å². The molecule has 4 rings (SSSR count). The number of benzene rings is 2. The minimum atomic E-state index is -0.0427. The molecule has 0 bridgehead atoms. The number of hydrogen-bond acceptors (Lipinski definition) is 2. The maximum atomic E-state index is 12.8. The minimum Gasteiger partial charge on any atom is -0.342 e. The molecule has 1 aliphatic rings. The second kappa shape index (κ2) is 7.90. The molecule has 0 unspecified atom stereocenters. The Kier molecular flexibility index (Phi) is 5.31. The lowest BCUT2D eigenvalue weighted by atomic mass is 9.95. The van der Waals surface area contributed by atoms with Crippen molar-refractivity contribution in [3.8, 4) is 0 Å². The van der Waals surface area contributed by atoms with E-state index < -0.39 is 0 Å². The molecule has 5 heteroatoms. The molecule has 0 aliphatic carbocycles. The van der Waals surface area contributed by atoms with Crippen LogP contribution in [0.1, 0.15) is 33.6 Å². The van der Waals surface area contributed by atoms with E-state index in [1.165, 1.54) is 16.4 Å². The smallest absolute Gasteiger partial charge is 0.227 e. The van der Waals surface area contributed by atoms with Crippen LogP contribution in [0.3, 0.4) is 0 Å². The first-order valence-electron chi connectivity index (χ1n) is 10.6. The highest BCUT2D eigenvalue weighted by molar-refractivity contribution is 6.09. The summed E-state index contributed by atoms with van der Waals surface area (Å²) >= 11 is 0. The fourth-order valence-electron chi connectivity index (χ4n) is 4.44. The third-order valence-corrected chi connectivity index (χ3v) is 6.03. The number of hydrogen-bond donors (Lipinski definition) is 1. The summed E-state index contributed by atoms with van der Waals surface area (Å²) in [4.78, 5) is 26.9. The molecule has 1 fully saturated rings. The predicted molar refractivity (Wildman–Crippen MR) is 118 cm³/mol. The number of aryl methyl sites for hydroxylation is 1. The Bertz CT molecular complexity index is 1060. The van der Waals surface area contributed by atoms with Gasteiger partial charge >= 0.3 is 0 Å². The van der Waals surface area contributed by atoms with E-state index in [2.05, 4.69) is 53.2 Å². The first-order chi connectivity index (χ1) is 14.0. The average molecular weight is 392 g/mol. The average Bonchev–Trinajstić information content (AvgIpc) is 3.06. The molecule has 5 nitrogen and oxygen atoms in total. The summed E-state index contributed by atoms with van der Waals surface area (Å²) in [5.41, 5.74) is 3.24. The Morgan fingerprint density at radius 1 is 1.03 bits per heavy atom. The van der Waals surface area contributed by atoms with Gasteiger partial charge in [-0.3, -0.25) is 9.59 Å². The van der Waals surface area contributed by atoms with E-state index in [9.17, 15) is 9.59 Å². The number of rotatable bonds is 4. The molecule has 0 atom stereocenters. The van der Waals surface area contributed by atoms with Crippen molar-refractivity contribution < 1.29 is 9.59 Å². The largest absolute Gasteiger partial charge is 0.342 e. The molecule has 2 heterocycles. The third-order valence-electron chi connectivity index (χ3n) is 6.03. The lowest BCUT2D eigenvalue weighted by Gasteiger charge is -2.32. The highest BCUT2D eigenvalue weighted by Gasteiger charge is 2.28. The van der Waals surface area contributed by atoms with Crippen LogP contribution >= 0.6 is 0 Å². The van der Waals surface area contributed by atoms with Crippen LogP contribution < -0.4 is 5.32 Å². The van der Waals surface area contributed by atoms with Crippen LogP contribution in [-0.4, -0.2) is 34.4 Å². The number of para-hydroxylation sites is 1. The number of nitrogens with zero attached hydrogens (tertiary/aromatic N) is 2. The molecule has 0 spiro atoms. The molecule has 152 valence electrons. The van der Waals surface area contributed by atoms with Gasteiger partial charge in [0.2, 0.25) is 11.8 Å². The number of piperidine rings is 1. The van der Waals surface area contributed by atoms with Gasteiger partial charge in [-0.25, -0.2) is 0 Å². The van der Waals surface area contributed by atoms with Crippen molar-refractivity contribution in [2.75, 3.05) is 18.4 Å². The number of anilines is 1. The van der Waals surface area contributed by atoms with Gasteiger partial charge in [0.15, 0.2) is 0 Å². The van der Waals surface area contributed by atoms with E-state index in [1.54, 1.807) is 0 Å². The molecular weight excluding hydrogens is 362 g/mol. The molecule has 29 heavy (non-hydrogen) atoms. The number of fused-ring (bicyclic) bond motifs is 3. The highest BCUT2D eigenvalue weighted by Crippen LogP contribution is 2.31. The molecule has 1 saturated heterocycles. The van der Waals surface area contributed by atoms with Gasteiger partial charge < -0.3 is 14.8 Å². The van der Waals surface area contributed by atoms with E-state index in [-0.39, 0.29) is 23.7 Å². The zero-order valence-electron chi connectivity index (χ0n) is 17.4. The first-order valence-corrected chi connectivity index (χ1v) is 10.6. The quantitative estimate of drug-likeness (QED) is 0.704. The first kappa shape index (κ1) is 19.5. The zero-order chi connectivity index (χ0) is 20.5. The zero-order valence-corrected chi connectivity index (χ0v) is 17.4. The Labute approximate surface area is 171 Å². The number of carbonyl (C=O) groups excluding carboxylic acids is 2. The van der Waals surface area contributed by atoms with E-state index in [1.807, 2.05) is 24.8 Å². The van der Waals surface area contributed by atoms with Gasteiger partial charge in [0.05, 0.1) is 0 Å². The summed E-state index contributed by atoms with van der Waals surface area (Å²) in [5, 5.41) is 5.48. The van der Waals surface area contributed by atoms with Crippen LogP contribution in [0, 0.1) is 11.8 Å². The normalized spacial score (nSPS) is 15.4. The van der Waals surface area contributed by atoms with E-state index in [4.69, 9.17) is 0 Å². The molecule has 2 aromatic carbocycles. The fourth-order valence-corrected chi connectivity index (χ4v) is 4.44. The van der Waals surface area contributed by atoms with Gasteiger partial charge in [-0.05, 0) is 44.0 Å². The van der Waals surface area contributed by atoms with Crippen LogP contribution in [0.2, 0.25) is 0 Å². The number of likely N-dealkylation sites (tertiary alicyclic amines) is 1. The van der Waals surface area contributed by atoms with Crippen molar-refractivity contribution in [3.63, 3.8) is 0 Å². The molecule has 0 saturated carbocycles. The van der Waals surface area contributed by atoms with Gasteiger partial charge in [-0.15, -0.1) is 0 Å². The maximum Gasteiger partial charge on any atom is 0.227 e. The van der Waals surface area contributed by atoms with Crippen molar-refractivity contribution in [1.29, 1.82) is 0 Å². The SMILES string of the molecule is CCn1c2ccccc2c2cc(NC(=O)C3CCN(C(=O)C(C)C)CC3)ccc21. The lowest BCUT2D eigenvalue weighted by molar-refractivity contribution is -0.137. The third kappa shape index (κ3) is 3.61. The molecule has 2 amide bonds. The van der Waals surface area contributed by atoms with Crippen molar-refractivity contribution in [2.24, 2.45) is 11.8 Å². The second-order valence-electron chi connectivity index (χ2n) is 8.24. The molecule has 3 aromatic rings. The monoisotopic (exact) mass is 391 g/mol. The number of carbonyl (C=O) groups is 2. The van der Waals surface area contributed by atoms with Crippen molar-refractivity contribution in [3.05, 3.63) is 42.5 Å². The topological polar surface area (TPSA) is 54.3 Å². The summed E-state index contributed by atoms with van der Waals surface area (Å²) in [6.45, 7) is 8.23. The van der Waals surface area contributed by atoms with Gasteiger partial charge in [0, 0.05) is 59.0 Å². The number of nitrogens with one attached hydrogen (secondary N) is 1.